The van der Waals surface area contributed by atoms with Crippen LogP contribution in [0.4, 0.5) is 5.82 Å². The summed E-state index contributed by atoms with van der Waals surface area (Å²) in [6.07, 6.45) is 0. The standard InChI is InChI=1S/C12H17N7O2/c1-8-15-9(6-10-16-17-12(21)19(8)10)14-7-11(20)18-4-2-13-3-5-18/h6,13-14H,2-5,7H2,1H3,(H,17,21). The van der Waals surface area contributed by atoms with Gasteiger partial charge in [-0.1, -0.05) is 0 Å². The van der Waals surface area contributed by atoms with Crippen LogP contribution in [0.3, 0.4) is 0 Å². The van der Waals surface area contributed by atoms with Crippen LogP contribution in [0.2, 0.25) is 0 Å². The Kier molecular flexibility index (Phi) is 3.57. The summed E-state index contributed by atoms with van der Waals surface area (Å²) in [6.45, 7) is 4.99. The third-order valence-electron chi connectivity index (χ3n) is 3.46. The molecular weight excluding hydrogens is 274 g/mol. The molecule has 0 aromatic carbocycles. The van der Waals surface area contributed by atoms with E-state index >= 15 is 0 Å². The van der Waals surface area contributed by atoms with Crippen LogP contribution in [-0.4, -0.2) is 63.1 Å². The number of anilines is 1. The van der Waals surface area contributed by atoms with E-state index in [4.69, 9.17) is 0 Å². The van der Waals surface area contributed by atoms with Gasteiger partial charge in [-0.2, -0.15) is 5.10 Å². The second kappa shape index (κ2) is 5.52. The van der Waals surface area contributed by atoms with E-state index in [1.807, 2.05) is 4.90 Å². The van der Waals surface area contributed by atoms with Crippen LogP contribution in [0.5, 0.6) is 0 Å². The molecular formula is C12H17N7O2. The van der Waals surface area contributed by atoms with Gasteiger partial charge in [-0.25, -0.2) is 19.3 Å². The number of amides is 1. The van der Waals surface area contributed by atoms with Gasteiger partial charge in [0.05, 0.1) is 6.54 Å². The summed E-state index contributed by atoms with van der Waals surface area (Å²) < 4.78 is 1.38. The molecule has 1 aliphatic rings. The molecule has 1 aliphatic heterocycles. The molecule has 3 heterocycles. The van der Waals surface area contributed by atoms with Crippen molar-refractivity contribution >= 4 is 17.4 Å². The Labute approximate surface area is 120 Å². The number of nitrogens with one attached hydrogen (secondary N) is 3. The highest BCUT2D eigenvalue weighted by Gasteiger charge is 2.16. The number of aryl methyl sites for hydroxylation is 1. The number of hydrogen-bond acceptors (Lipinski definition) is 6. The van der Waals surface area contributed by atoms with Crippen molar-refractivity contribution in [1.29, 1.82) is 0 Å². The lowest BCUT2D eigenvalue weighted by Gasteiger charge is -2.27. The number of carbonyl (C=O) groups excluding carboxylic acids is 1. The third-order valence-corrected chi connectivity index (χ3v) is 3.46. The molecule has 21 heavy (non-hydrogen) atoms. The van der Waals surface area contributed by atoms with Crippen molar-refractivity contribution in [3.8, 4) is 0 Å². The maximum absolute atomic E-state index is 12.1. The van der Waals surface area contributed by atoms with Crippen molar-refractivity contribution in [2.45, 2.75) is 6.92 Å². The van der Waals surface area contributed by atoms with Gasteiger partial charge in [0.15, 0.2) is 5.65 Å². The molecule has 9 heteroatoms. The third kappa shape index (κ3) is 2.72. The predicted octanol–water partition coefficient (Wildman–Crippen LogP) is -1.43. The summed E-state index contributed by atoms with van der Waals surface area (Å²) in [5.74, 6) is 1.08. The predicted molar refractivity (Wildman–Crippen MR) is 76.3 cm³/mol. The fourth-order valence-corrected chi connectivity index (χ4v) is 2.38. The number of aromatic amines is 1. The molecule has 112 valence electrons. The van der Waals surface area contributed by atoms with Gasteiger partial charge in [-0.05, 0) is 6.92 Å². The SMILES string of the molecule is Cc1nc(NCC(=O)N2CCNCC2)cc2n[nH]c(=O)n12. The monoisotopic (exact) mass is 291 g/mol. The minimum absolute atomic E-state index is 0.0373. The number of piperazine rings is 1. The number of carbonyl (C=O) groups is 1. The molecule has 2 aromatic rings. The fourth-order valence-electron chi connectivity index (χ4n) is 2.38. The molecule has 3 rings (SSSR count). The van der Waals surface area contributed by atoms with Crippen LogP contribution in [-0.2, 0) is 4.79 Å². The number of aromatic nitrogens is 4. The highest BCUT2D eigenvalue weighted by Crippen LogP contribution is 2.07. The smallest absolute Gasteiger partial charge is 0.349 e. The minimum Gasteiger partial charge on any atom is -0.361 e. The summed E-state index contributed by atoms with van der Waals surface area (Å²) in [4.78, 5) is 29.6. The van der Waals surface area contributed by atoms with Crippen molar-refractivity contribution in [1.82, 2.24) is 29.8 Å². The first-order valence-corrected chi connectivity index (χ1v) is 6.82. The molecule has 0 atom stereocenters. The Morgan fingerprint density at radius 3 is 2.95 bits per heavy atom. The summed E-state index contributed by atoms with van der Waals surface area (Å²) in [7, 11) is 0. The minimum atomic E-state index is -0.321. The molecule has 2 aromatic heterocycles. The van der Waals surface area contributed by atoms with Gasteiger partial charge in [0, 0.05) is 32.2 Å². The second-order valence-electron chi connectivity index (χ2n) is 4.90. The molecule has 0 radical (unpaired) electrons. The largest absolute Gasteiger partial charge is 0.361 e. The first-order chi connectivity index (χ1) is 10.1. The van der Waals surface area contributed by atoms with Gasteiger partial charge in [-0.15, -0.1) is 0 Å². The lowest BCUT2D eigenvalue weighted by Crippen LogP contribution is -2.48. The molecule has 0 aliphatic carbocycles. The van der Waals surface area contributed by atoms with Crippen LogP contribution in [0.1, 0.15) is 5.82 Å². The maximum Gasteiger partial charge on any atom is 0.349 e. The quantitative estimate of drug-likeness (QED) is 0.640. The molecule has 0 spiro atoms. The number of hydrogen-bond donors (Lipinski definition) is 3. The Morgan fingerprint density at radius 1 is 1.43 bits per heavy atom. The van der Waals surface area contributed by atoms with E-state index in [2.05, 4.69) is 25.8 Å². The van der Waals surface area contributed by atoms with Crippen LogP contribution >= 0.6 is 0 Å². The van der Waals surface area contributed by atoms with Gasteiger partial charge in [-0.3, -0.25) is 4.79 Å². The summed E-state index contributed by atoms with van der Waals surface area (Å²) >= 11 is 0. The van der Waals surface area contributed by atoms with Crippen molar-refractivity contribution in [2.75, 3.05) is 38.0 Å². The lowest BCUT2D eigenvalue weighted by molar-refractivity contribution is -0.129. The van der Waals surface area contributed by atoms with Gasteiger partial charge in [0.2, 0.25) is 5.91 Å². The van der Waals surface area contributed by atoms with Crippen LogP contribution in [0, 0.1) is 6.92 Å². The molecule has 1 fully saturated rings. The molecule has 0 unspecified atom stereocenters. The summed E-state index contributed by atoms with van der Waals surface area (Å²) in [5, 5.41) is 12.5. The first kappa shape index (κ1) is 13.6. The number of nitrogens with zero attached hydrogens (tertiary/aromatic N) is 4. The second-order valence-corrected chi connectivity index (χ2v) is 4.90. The average Bonchev–Trinajstić information content (AvgIpc) is 2.87. The van der Waals surface area contributed by atoms with E-state index in [1.165, 1.54) is 4.40 Å². The summed E-state index contributed by atoms with van der Waals surface area (Å²) in [6, 6.07) is 1.63. The van der Waals surface area contributed by atoms with Crippen LogP contribution in [0.25, 0.3) is 5.65 Å². The van der Waals surface area contributed by atoms with E-state index in [9.17, 15) is 9.59 Å². The molecule has 3 N–H and O–H groups in total. The van der Waals surface area contributed by atoms with Crippen molar-refractivity contribution < 1.29 is 4.79 Å². The molecule has 1 saturated heterocycles. The number of fused-ring (bicyclic) bond motifs is 1. The van der Waals surface area contributed by atoms with E-state index in [0.717, 1.165) is 26.2 Å². The average molecular weight is 291 g/mol. The Hall–Kier alpha value is -2.42. The van der Waals surface area contributed by atoms with E-state index in [0.29, 0.717) is 17.3 Å². The van der Waals surface area contributed by atoms with Gasteiger partial charge < -0.3 is 15.5 Å². The van der Waals surface area contributed by atoms with Crippen molar-refractivity contribution in [3.05, 3.63) is 22.4 Å². The topological polar surface area (TPSA) is 107 Å². The van der Waals surface area contributed by atoms with E-state index in [-0.39, 0.29) is 18.1 Å². The van der Waals surface area contributed by atoms with Crippen molar-refractivity contribution in [3.63, 3.8) is 0 Å². The van der Waals surface area contributed by atoms with Crippen LogP contribution < -0.4 is 16.3 Å². The lowest BCUT2D eigenvalue weighted by atomic mass is 10.3. The Morgan fingerprint density at radius 2 is 2.19 bits per heavy atom. The van der Waals surface area contributed by atoms with Crippen LogP contribution in [0.15, 0.2) is 10.9 Å². The number of rotatable bonds is 3. The van der Waals surface area contributed by atoms with Crippen molar-refractivity contribution in [2.24, 2.45) is 0 Å². The zero-order valence-electron chi connectivity index (χ0n) is 11.7. The zero-order chi connectivity index (χ0) is 14.8. The normalized spacial score (nSPS) is 15.4. The van der Waals surface area contributed by atoms with Gasteiger partial charge >= 0.3 is 5.69 Å². The molecule has 0 bridgehead atoms. The zero-order valence-corrected chi connectivity index (χ0v) is 11.7. The fraction of sp³-hybridized carbons (Fsp3) is 0.500. The highest BCUT2D eigenvalue weighted by molar-refractivity contribution is 5.80. The Bertz CT molecular complexity index is 714. The molecule has 0 saturated carbocycles. The number of H-pyrrole nitrogens is 1. The Balaban J connectivity index is 1.70. The van der Waals surface area contributed by atoms with Gasteiger partial charge in [0.1, 0.15) is 11.6 Å². The molecule has 1 amide bonds. The van der Waals surface area contributed by atoms with E-state index in [1.54, 1.807) is 13.0 Å². The first-order valence-electron chi connectivity index (χ1n) is 6.82. The highest BCUT2D eigenvalue weighted by atomic mass is 16.2. The summed E-state index contributed by atoms with van der Waals surface area (Å²) in [5.41, 5.74) is 0.156. The molecule has 9 nitrogen and oxygen atoms in total. The van der Waals surface area contributed by atoms with Gasteiger partial charge in [0.25, 0.3) is 0 Å². The maximum atomic E-state index is 12.1. The van der Waals surface area contributed by atoms with E-state index < -0.39 is 0 Å².